The molecule has 2 fully saturated rings. The van der Waals surface area contributed by atoms with Crippen molar-refractivity contribution < 1.29 is 4.79 Å². The van der Waals surface area contributed by atoms with Gasteiger partial charge in [-0.05, 0) is 31.1 Å². The van der Waals surface area contributed by atoms with E-state index >= 15 is 0 Å². The van der Waals surface area contributed by atoms with Gasteiger partial charge in [0.25, 0.3) is 0 Å². The Kier molecular flexibility index (Phi) is 3.02. The molecule has 1 nitrogen and oxygen atoms in total. The molecule has 2 saturated carbocycles. The maximum Gasteiger partial charge on any atom is 0.201 e. The summed E-state index contributed by atoms with van der Waals surface area (Å²) in [5.41, 5.74) is 0. The molecule has 0 aromatic carbocycles. The quantitative estimate of drug-likeness (QED) is 0.604. The zero-order chi connectivity index (χ0) is 9.10. The van der Waals surface area contributed by atoms with Crippen LogP contribution in [-0.4, -0.2) is 6.29 Å². The van der Waals surface area contributed by atoms with Gasteiger partial charge in [-0.2, -0.15) is 0 Å². The predicted octanol–water partition coefficient (Wildman–Crippen LogP) is 3.09. The van der Waals surface area contributed by atoms with Crippen LogP contribution < -0.4 is 0 Å². The van der Waals surface area contributed by atoms with Crippen LogP contribution in [0.3, 0.4) is 0 Å². The van der Waals surface area contributed by atoms with Crippen LogP contribution in [0.5, 0.6) is 0 Å². The van der Waals surface area contributed by atoms with E-state index in [9.17, 15) is 4.79 Å². The maximum absolute atomic E-state index is 10.7. The van der Waals surface area contributed by atoms with Crippen molar-refractivity contribution in [2.45, 2.75) is 51.4 Å². The fraction of sp³-hybridized carbons (Fsp3) is 0.917. The molecule has 0 heterocycles. The molecular weight excluding hydrogens is 160 g/mol. The lowest BCUT2D eigenvalue weighted by molar-refractivity contribution is 0.307. The first-order chi connectivity index (χ1) is 6.38. The summed E-state index contributed by atoms with van der Waals surface area (Å²) in [5, 5.41) is 0. The zero-order valence-corrected chi connectivity index (χ0v) is 8.30. The smallest absolute Gasteiger partial charge is 0.201 e. The molecular formula is C12H19O. The third kappa shape index (κ3) is 2.32. The first kappa shape index (κ1) is 9.23. The monoisotopic (exact) mass is 179 g/mol. The Morgan fingerprint density at radius 2 is 1.54 bits per heavy atom. The summed E-state index contributed by atoms with van der Waals surface area (Å²) in [6.07, 6.45) is 12.8. The van der Waals surface area contributed by atoms with Crippen LogP contribution in [0.4, 0.5) is 0 Å². The molecule has 0 aliphatic heterocycles. The molecule has 2 aliphatic carbocycles. The lowest BCUT2D eigenvalue weighted by Gasteiger charge is -2.22. The number of rotatable bonds is 1. The van der Waals surface area contributed by atoms with Gasteiger partial charge in [-0.15, -0.1) is 0 Å². The van der Waals surface area contributed by atoms with Crippen LogP contribution in [0.15, 0.2) is 0 Å². The van der Waals surface area contributed by atoms with Crippen molar-refractivity contribution in [3.63, 3.8) is 0 Å². The summed E-state index contributed by atoms with van der Waals surface area (Å²) in [5.74, 6) is 2.05. The van der Waals surface area contributed by atoms with Crippen molar-refractivity contribution in [1.82, 2.24) is 0 Å². The molecule has 0 saturated heterocycles. The lowest BCUT2D eigenvalue weighted by atomic mass is 9.82. The highest BCUT2D eigenvalue weighted by Gasteiger charge is 2.25. The number of hydrogen-bond donors (Lipinski definition) is 0. The van der Waals surface area contributed by atoms with E-state index < -0.39 is 0 Å². The highest BCUT2D eigenvalue weighted by Crippen LogP contribution is 2.37. The Labute approximate surface area is 80.9 Å². The molecule has 1 heteroatoms. The van der Waals surface area contributed by atoms with E-state index in [-0.39, 0.29) is 5.92 Å². The SMILES string of the molecule is O=[C]C1CCC2CCCC(CC2)C1. The minimum Gasteiger partial charge on any atom is -0.291 e. The number of fused-ring (bicyclic) bond motifs is 3. The van der Waals surface area contributed by atoms with Gasteiger partial charge in [0.05, 0.1) is 0 Å². The van der Waals surface area contributed by atoms with Gasteiger partial charge in [-0.25, -0.2) is 0 Å². The minimum absolute atomic E-state index is 0.269. The molecule has 0 spiro atoms. The Bertz CT molecular complexity index is 176. The first-order valence-corrected chi connectivity index (χ1v) is 5.76. The van der Waals surface area contributed by atoms with Gasteiger partial charge < -0.3 is 0 Å². The van der Waals surface area contributed by atoms with E-state index in [4.69, 9.17) is 0 Å². The normalized spacial score (nSPS) is 40.5. The van der Waals surface area contributed by atoms with Crippen molar-refractivity contribution in [2.24, 2.45) is 17.8 Å². The van der Waals surface area contributed by atoms with Gasteiger partial charge >= 0.3 is 0 Å². The van der Waals surface area contributed by atoms with Crippen LogP contribution in [-0.2, 0) is 4.79 Å². The highest BCUT2D eigenvalue weighted by atomic mass is 16.1. The van der Waals surface area contributed by atoms with E-state index in [1.165, 1.54) is 38.5 Å². The van der Waals surface area contributed by atoms with E-state index in [1.54, 1.807) is 0 Å². The second kappa shape index (κ2) is 4.26. The largest absolute Gasteiger partial charge is 0.291 e. The topological polar surface area (TPSA) is 17.1 Å². The molecule has 1 radical (unpaired) electrons. The fourth-order valence-corrected chi connectivity index (χ4v) is 3.04. The van der Waals surface area contributed by atoms with Crippen LogP contribution in [0.25, 0.3) is 0 Å². The fourth-order valence-electron chi connectivity index (χ4n) is 3.04. The summed E-state index contributed by atoms with van der Waals surface area (Å²) >= 11 is 0. The van der Waals surface area contributed by atoms with Gasteiger partial charge in [0, 0.05) is 5.92 Å². The van der Waals surface area contributed by atoms with E-state index in [1.807, 2.05) is 0 Å². The molecule has 13 heavy (non-hydrogen) atoms. The Morgan fingerprint density at radius 1 is 0.846 bits per heavy atom. The average molecular weight is 179 g/mol. The Hall–Kier alpha value is -0.330. The molecule has 0 aromatic rings. The molecule has 3 atom stereocenters. The van der Waals surface area contributed by atoms with E-state index in [0.29, 0.717) is 0 Å². The number of carbonyl (C=O) groups excluding carboxylic acids is 1. The maximum atomic E-state index is 10.7. The van der Waals surface area contributed by atoms with Gasteiger partial charge in [-0.3, -0.25) is 4.79 Å². The van der Waals surface area contributed by atoms with Crippen LogP contribution in [0, 0.1) is 17.8 Å². The van der Waals surface area contributed by atoms with E-state index in [2.05, 4.69) is 6.29 Å². The van der Waals surface area contributed by atoms with Crippen molar-refractivity contribution in [1.29, 1.82) is 0 Å². The Balaban J connectivity index is 2.02. The van der Waals surface area contributed by atoms with Gasteiger partial charge in [0.15, 0.2) is 0 Å². The van der Waals surface area contributed by atoms with Crippen molar-refractivity contribution in [2.75, 3.05) is 0 Å². The molecule has 2 rings (SSSR count). The second-order valence-corrected chi connectivity index (χ2v) is 4.87. The summed E-state index contributed by atoms with van der Waals surface area (Å²) in [7, 11) is 0. The highest BCUT2D eigenvalue weighted by molar-refractivity contribution is 5.54. The van der Waals surface area contributed by atoms with Crippen molar-refractivity contribution >= 4 is 6.29 Å². The number of hydrogen-bond acceptors (Lipinski definition) is 1. The second-order valence-electron chi connectivity index (χ2n) is 4.87. The van der Waals surface area contributed by atoms with Gasteiger partial charge in [-0.1, -0.05) is 32.1 Å². The minimum atomic E-state index is 0.269. The van der Waals surface area contributed by atoms with Crippen molar-refractivity contribution in [3.05, 3.63) is 0 Å². The predicted molar refractivity (Wildman–Crippen MR) is 53.1 cm³/mol. The van der Waals surface area contributed by atoms with Crippen molar-refractivity contribution in [3.8, 4) is 0 Å². The Morgan fingerprint density at radius 3 is 2.38 bits per heavy atom. The standard InChI is InChI=1S/C12H19O/c13-9-12-7-5-10-2-1-3-11(8-12)6-4-10/h10-12H,1-8H2. The third-order valence-corrected chi connectivity index (χ3v) is 3.92. The molecule has 2 aliphatic rings. The third-order valence-electron chi connectivity index (χ3n) is 3.92. The average Bonchev–Trinajstić information content (AvgIpc) is 2.28. The van der Waals surface area contributed by atoms with Crippen LogP contribution in [0.2, 0.25) is 0 Å². The van der Waals surface area contributed by atoms with E-state index in [0.717, 1.165) is 24.7 Å². The molecule has 0 N–H and O–H groups in total. The first-order valence-electron chi connectivity index (χ1n) is 5.76. The molecule has 73 valence electrons. The van der Waals surface area contributed by atoms with Gasteiger partial charge in [0.2, 0.25) is 6.29 Å². The molecule has 0 amide bonds. The van der Waals surface area contributed by atoms with Gasteiger partial charge in [0.1, 0.15) is 0 Å². The zero-order valence-electron chi connectivity index (χ0n) is 8.30. The summed E-state index contributed by atoms with van der Waals surface area (Å²) in [6, 6.07) is 0. The van der Waals surface area contributed by atoms with Crippen LogP contribution >= 0.6 is 0 Å². The lowest BCUT2D eigenvalue weighted by Crippen LogP contribution is -2.14. The summed E-state index contributed by atoms with van der Waals surface area (Å²) < 4.78 is 0. The molecule has 3 unspecified atom stereocenters. The molecule has 0 aromatic heterocycles. The summed E-state index contributed by atoms with van der Waals surface area (Å²) in [4.78, 5) is 10.7. The summed E-state index contributed by atoms with van der Waals surface area (Å²) in [6.45, 7) is 0. The molecule has 2 bridgehead atoms. The van der Waals surface area contributed by atoms with Crippen LogP contribution in [0.1, 0.15) is 51.4 Å².